The van der Waals surface area contributed by atoms with Gasteiger partial charge in [-0.1, -0.05) is 41.9 Å². The molecule has 1 aromatic rings. The van der Waals surface area contributed by atoms with Crippen LogP contribution in [0.2, 0.25) is 0 Å². The molecule has 0 fully saturated rings. The topological polar surface area (TPSA) is 26.0 Å². The van der Waals surface area contributed by atoms with Gasteiger partial charge in [-0.05, 0) is 36.5 Å². The minimum absolute atomic E-state index is 0.159. The molecule has 1 rings (SSSR count). The lowest BCUT2D eigenvalue weighted by molar-refractivity contribution is 0.510. The second-order valence-electron chi connectivity index (χ2n) is 4.24. The first-order chi connectivity index (χ1) is 6.50. The highest BCUT2D eigenvalue weighted by Crippen LogP contribution is 2.24. The molecule has 1 nitrogen and oxygen atoms in total. The molecule has 78 valence electrons. The first-order valence-electron chi connectivity index (χ1n) is 5.02. The van der Waals surface area contributed by atoms with Crippen molar-refractivity contribution in [2.45, 2.75) is 33.2 Å². The molecule has 0 radical (unpaired) electrons. The molecule has 0 aliphatic carbocycles. The number of hydrogen-bond donors (Lipinski definition) is 1. The molecular weight excluding hydrogens is 238 g/mol. The largest absolute Gasteiger partial charge is 0.324 e. The zero-order chi connectivity index (χ0) is 10.7. The third-order valence-electron chi connectivity index (χ3n) is 2.35. The summed E-state index contributed by atoms with van der Waals surface area (Å²) >= 11 is 3.53. The van der Waals surface area contributed by atoms with Crippen LogP contribution in [0.1, 0.15) is 37.4 Å². The Morgan fingerprint density at radius 3 is 2.50 bits per heavy atom. The van der Waals surface area contributed by atoms with Crippen LogP contribution in [0.5, 0.6) is 0 Å². The summed E-state index contributed by atoms with van der Waals surface area (Å²) in [5.74, 6) is 0.644. The van der Waals surface area contributed by atoms with Crippen molar-refractivity contribution in [2.24, 2.45) is 11.7 Å². The molecule has 14 heavy (non-hydrogen) atoms. The molecule has 0 unspecified atom stereocenters. The molecule has 0 aromatic heterocycles. The minimum Gasteiger partial charge on any atom is -0.324 e. The molecule has 2 heteroatoms. The molecule has 0 aliphatic rings. The van der Waals surface area contributed by atoms with E-state index >= 15 is 0 Å². The lowest BCUT2D eigenvalue weighted by Gasteiger charge is -2.15. The van der Waals surface area contributed by atoms with E-state index in [0.29, 0.717) is 5.92 Å². The van der Waals surface area contributed by atoms with Gasteiger partial charge in [-0.2, -0.15) is 0 Å². The van der Waals surface area contributed by atoms with Gasteiger partial charge in [0.2, 0.25) is 0 Å². The van der Waals surface area contributed by atoms with Crippen molar-refractivity contribution in [3.05, 3.63) is 33.8 Å². The van der Waals surface area contributed by atoms with Crippen molar-refractivity contribution >= 4 is 15.9 Å². The van der Waals surface area contributed by atoms with E-state index in [1.165, 1.54) is 11.1 Å². The lowest BCUT2D eigenvalue weighted by Crippen LogP contribution is -2.12. The normalized spacial score (nSPS) is 13.3. The number of rotatable bonds is 3. The Kier molecular flexibility index (Phi) is 4.14. The van der Waals surface area contributed by atoms with Crippen LogP contribution in [0.4, 0.5) is 0 Å². The molecule has 0 spiro atoms. The van der Waals surface area contributed by atoms with E-state index in [1.807, 2.05) is 0 Å². The molecule has 0 saturated carbocycles. The molecular formula is C12H18BrN. The van der Waals surface area contributed by atoms with Gasteiger partial charge in [-0.25, -0.2) is 0 Å². The van der Waals surface area contributed by atoms with Crippen LogP contribution < -0.4 is 5.73 Å². The zero-order valence-corrected chi connectivity index (χ0v) is 10.6. The van der Waals surface area contributed by atoms with Crippen LogP contribution in [-0.2, 0) is 0 Å². The van der Waals surface area contributed by atoms with Gasteiger partial charge >= 0.3 is 0 Å². The van der Waals surface area contributed by atoms with Gasteiger partial charge in [0.05, 0.1) is 0 Å². The number of hydrogen-bond acceptors (Lipinski definition) is 1. The maximum Gasteiger partial charge on any atom is 0.0297 e. The summed E-state index contributed by atoms with van der Waals surface area (Å²) in [6.07, 6.45) is 1.04. The molecule has 0 bridgehead atoms. The fourth-order valence-corrected chi connectivity index (χ4v) is 1.88. The van der Waals surface area contributed by atoms with Gasteiger partial charge in [-0.15, -0.1) is 0 Å². The van der Waals surface area contributed by atoms with Crippen molar-refractivity contribution in [2.75, 3.05) is 0 Å². The van der Waals surface area contributed by atoms with E-state index in [4.69, 9.17) is 5.73 Å². The Balaban J connectivity index is 2.80. The van der Waals surface area contributed by atoms with Gasteiger partial charge in [0, 0.05) is 10.5 Å². The van der Waals surface area contributed by atoms with Gasteiger partial charge in [0.15, 0.2) is 0 Å². The van der Waals surface area contributed by atoms with Crippen molar-refractivity contribution in [1.82, 2.24) is 0 Å². The SMILES string of the molecule is Cc1ccc([C@@H](N)CC(C)C)cc1Br. The second-order valence-corrected chi connectivity index (χ2v) is 5.10. The molecule has 1 aromatic carbocycles. The lowest BCUT2D eigenvalue weighted by atomic mass is 9.97. The summed E-state index contributed by atoms with van der Waals surface area (Å²) in [7, 11) is 0. The predicted molar refractivity (Wildman–Crippen MR) is 65.3 cm³/mol. The highest BCUT2D eigenvalue weighted by atomic mass is 79.9. The van der Waals surface area contributed by atoms with E-state index in [1.54, 1.807) is 0 Å². The number of halogens is 1. The standard InChI is InChI=1S/C12H18BrN/c1-8(2)6-12(14)10-5-4-9(3)11(13)7-10/h4-5,7-8,12H,6,14H2,1-3H3/t12-/m0/s1. The zero-order valence-electron chi connectivity index (χ0n) is 9.05. The number of benzene rings is 1. The summed E-state index contributed by atoms with van der Waals surface area (Å²) in [6, 6.07) is 6.52. The molecule has 0 saturated heterocycles. The predicted octanol–water partition coefficient (Wildman–Crippen LogP) is 3.80. The van der Waals surface area contributed by atoms with Crippen LogP contribution in [0.3, 0.4) is 0 Å². The molecule has 0 heterocycles. The summed E-state index contributed by atoms with van der Waals surface area (Å²) in [6.45, 7) is 6.48. The smallest absolute Gasteiger partial charge is 0.0297 e. The third kappa shape index (κ3) is 3.10. The fraction of sp³-hybridized carbons (Fsp3) is 0.500. The van der Waals surface area contributed by atoms with Crippen LogP contribution in [-0.4, -0.2) is 0 Å². The molecule has 0 aliphatic heterocycles. The van der Waals surface area contributed by atoms with Crippen LogP contribution in [0, 0.1) is 12.8 Å². The third-order valence-corrected chi connectivity index (χ3v) is 3.20. The summed E-state index contributed by atoms with van der Waals surface area (Å²) in [5, 5.41) is 0. The Morgan fingerprint density at radius 2 is 2.00 bits per heavy atom. The van der Waals surface area contributed by atoms with Crippen molar-refractivity contribution < 1.29 is 0 Å². The van der Waals surface area contributed by atoms with E-state index in [0.717, 1.165) is 10.9 Å². The first-order valence-corrected chi connectivity index (χ1v) is 5.81. The van der Waals surface area contributed by atoms with Crippen LogP contribution >= 0.6 is 15.9 Å². The summed E-state index contributed by atoms with van der Waals surface area (Å²) in [4.78, 5) is 0. The maximum atomic E-state index is 6.09. The van der Waals surface area contributed by atoms with Crippen molar-refractivity contribution in [3.8, 4) is 0 Å². The highest BCUT2D eigenvalue weighted by Gasteiger charge is 2.08. The van der Waals surface area contributed by atoms with E-state index in [-0.39, 0.29) is 6.04 Å². The number of aryl methyl sites for hydroxylation is 1. The van der Waals surface area contributed by atoms with E-state index in [2.05, 4.69) is 54.9 Å². The van der Waals surface area contributed by atoms with Gasteiger partial charge in [0.1, 0.15) is 0 Å². The second kappa shape index (κ2) is 4.94. The van der Waals surface area contributed by atoms with Crippen LogP contribution in [0.15, 0.2) is 22.7 Å². The molecule has 1 atom stereocenters. The number of nitrogens with two attached hydrogens (primary N) is 1. The summed E-state index contributed by atoms with van der Waals surface area (Å²) in [5.41, 5.74) is 8.57. The average molecular weight is 256 g/mol. The maximum absolute atomic E-state index is 6.09. The summed E-state index contributed by atoms with van der Waals surface area (Å²) < 4.78 is 1.15. The first kappa shape index (κ1) is 11.7. The fourth-order valence-electron chi connectivity index (χ4n) is 1.48. The Hall–Kier alpha value is -0.340. The Labute approximate surface area is 94.8 Å². The monoisotopic (exact) mass is 255 g/mol. The minimum atomic E-state index is 0.159. The van der Waals surface area contributed by atoms with Crippen LogP contribution in [0.25, 0.3) is 0 Å². The van der Waals surface area contributed by atoms with Crippen molar-refractivity contribution in [1.29, 1.82) is 0 Å². The van der Waals surface area contributed by atoms with E-state index in [9.17, 15) is 0 Å². The van der Waals surface area contributed by atoms with E-state index < -0.39 is 0 Å². The van der Waals surface area contributed by atoms with Gasteiger partial charge in [0.25, 0.3) is 0 Å². The Morgan fingerprint density at radius 1 is 1.36 bits per heavy atom. The van der Waals surface area contributed by atoms with Gasteiger partial charge < -0.3 is 5.73 Å². The van der Waals surface area contributed by atoms with Crippen molar-refractivity contribution in [3.63, 3.8) is 0 Å². The Bertz CT molecular complexity index is 307. The quantitative estimate of drug-likeness (QED) is 0.874. The molecule has 2 N–H and O–H groups in total. The van der Waals surface area contributed by atoms with Gasteiger partial charge in [-0.3, -0.25) is 0 Å². The molecule has 0 amide bonds. The highest BCUT2D eigenvalue weighted by molar-refractivity contribution is 9.10. The average Bonchev–Trinajstić information content (AvgIpc) is 2.08.